The van der Waals surface area contributed by atoms with E-state index < -0.39 is 5.60 Å². The molecule has 0 aromatic carbocycles. The van der Waals surface area contributed by atoms with Crippen LogP contribution in [0.15, 0.2) is 18.5 Å². The number of carbonyl (C=O) groups is 1. The van der Waals surface area contributed by atoms with Gasteiger partial charge in [0.15, 0.2) is 0 Å². The molecule has 0 bridgehead atoms. The summed E-state index contributed by atoms with van der Waals surface area (Å²) in [6.07, 6.45) is 3.06. The number of hydrogen-bond acceptors (Lipinski definition) is 4. The molecule has 6 heteroatoms. The maximum absolute atomic E-state index is 12.4. The van der Waals surface area contributed by atoms with E-state index in [1.54, 1.807) is 31.0 Å². The zero-order valence-corrected chi connectivity index (χ0v) is 12.6. The molecule has 110 valence electrons. The van der Waals surface area contributed by atoms with Crippen LogP contribution in [-0.2, 0) is 0 Å². The Hall–Kier alpha value is -1.17. The molecule has 1 aliphatic rings. The fourth-order valence-electron chi connectivity index (χ4n) is 2.38. The first-order valence-corrected chi connectivity index (χ1v) is 7.08. The number of nitrogens with zero attached hydrogens (tertiary/aromatic N) is 3. The van der Waals surface area contributed by atoms with Gasteiger partial charge in [0.05, 0.1) is 16.2 Å². The zero-order chi connectivity index (χ0) is 14.8. The van der Waals surface area contributed by atoms with Gasteiger partial charge in [0.25, 0.3) is 5.91 Å². The number of hydrogen-bond donors (Lipinski definition) is 1. The highest BCUT2D eigenvalue weighted by Crippen LogP contribution is 2.17. The number of rotatable bonds is 3. The molecule has 2 heterocycles. The lowest BCUT2D eigenvalue weighted by Gasteiger charge is -2.37. The highest BCUT2D eigenvalue weighted by molar-refractivity contribution is 6.33. The second-order valence-electron chi connectivity index (χ2n) is 5.74. The van der Waals surface area contributed by atoms with Crippen molar-refractivity contribution < 1.29 is 9.90 Å². The van der Waals surface area contributed by atoms with Crippen molar-refractivity contribution in [2.24, 2.45) is 0 Å². The van der Waals surface area contributed by atoms with Crippen LogP contribution >= 0.6 is 11.6 Å². The van der Waals surface area contributed by atoms with Crippen LogP contribution in [0.3, 0.4) is 0 Å². The Bertz CT molecular complexity index is 480. The number of β-amino-alcohol motifs (C(OH)–C–C–N with tert-alkyl or cyclic N) is 1. The Morgan fingerprint density at radius 2 is 2.05 bits per heavy atom. The Morgan fingerprint density at radius 1 is 1.40 bits per heavy atom. The van der Waals surface area contributed by atoms with Crippen molar-refractivity contribution in [1.82, 2.24) is 14.8 Å². The summed E-state index contributed by atoms with van der Waals surface area (Å²) in [5, 5.41) is 10.2. The van der Waals surface area contributed by atoms with Crippen molar-refractivity contribution in [3.8, 4) is 0 Å². The SMILES string of the molecule is CC(C)(O)CN1CCN(C(=O)c2ccncc2Cl)CC1. The molecule has 1 fully saturated rings. The summed E-state index contributed by atoms with van der Waals surface area (Å²) >= 11 is 6.00. The molecule has 1 amide bonds. The van der Waals surface area contributed by atoms with Gasteiger partial charge in [0, 0.05) is 45.1 Å². The number of carbonyl (C=O) groups excluding carboxylic acids is 1. The van der Waals surface area contributed by atoms with Crippen molar-refractivity contribution >= 4 is 17.5 Å². The van der Waals surface area contributed by atoms with E-state index >= 15 is 0 Å². The van der Waals surface area contributed by atoms with Crippen LogP contribution in [0.4, 0.5) is 0 Å². The standard InChI is InChI=1S/C14H20ClN3O2/c1-14(2,20)10-17-5-7-18(8-6-17)13(19)11-3-4-16-9-12(11)15/h3-4,9,20H,5-8,10H2,1-2H3. The Morgan fingerprint density at radius 3 is 2.60 bits per heavy atom. The van der Waals surface area contributed by atoms with E-state index in [9.17, 15) is 9.90 Å². The fourth-order valence-corrected chi connectivity index (χ4v) is 2.58. The predicted molar refractivity (Wildman–Crippen MR) is 77.9 cm³/mol. The molecule has 2 rings (SSSR count). The monoisotopic (exact) mass is 297 g/mol. The number of aliphatic hydroxyl groups is 1. The minimum atomic E-state index is -0.708. The summed E-state index contributed by atoms with van der Waals surface area (Å²) in [4.78, 5) is 20.2. The van der Waals surface area contributed by atoms with E-state index in [2.05, 4.69) is 9.88 Å². The maximum Gasteiger partial charge on any atom is 0.255 e. The van der Waals surface area contributed by atoms with Gasteiger partial charge in [-0.25, -0.2) is 0 Å². The summed E-state index contributed by atoms with van der Waals surface area (Å²) in [6, 6.07) is 1.65. The molecule has 1 aliphatic heterocycles. The molecule has 0 unspecified atom stereocenters. The molecular formula is C14H20ClN3O2. The fraction of sp³-hybridized carbons (Fsp3) is 0.571. The maximum atomic E-state index is 12.4. The number of amides is 1. The lowest BCUT2D eigenvalue weighted by molar-refractivity contribution is 0.0178. The summed E-state index contributed by atoms with van der Waals surface area (Å²) in [7, 11) is 0. The summed E-state index contributed by atoms with van der Waals surface area (Å²) in [5.41, 5.74) is -0.210. The van der Waals surface area contributed by atoms with Gasteiger partial charge in [-0.05, 0) is 19.9 Å². The Labute approximate surface area is 124 Å². The molecule has 0 saturated carbocycles. The van der Waals surface area contributed by atoms with Crippen molar-refractivity contribution in [2.45, 2.75) is 19.4 Å². The minimum absolute atomic E-state index is 0.0553. The zero-order valence-electron chi connectivity index (χ0n) is 11.8. The highest BCUT2D eigenvalue weighted by Gasteiger charge is 2.26. The first-order valence-electron chi connectivity index (χ1n) is 6.70. The normalized spacial score (nSPS) is 17.3. The molecule has 5 nitrogen and oxygen atoms in total. The molecule has 1 aromatic heterocycles. The Balaban J connectivity index is 1.94. The van der Waals surface area contributed by atoms with Crippen LogP contribution in [0.25, 0.3) is 0 Å². The topological polar surface area (TPSA) is 56.7 Å². The molecular weight excluding hydrogens is 278 g/mol. The number of halogens is 1. The van der Waals surface area contributed by atoms with Crippen LogP contribution < -0.4 is 0 Å². The van der Waals surface area contributed by atoms with E-state index in [0.29, 0.717) is 30.2 Å². The second kappa shape index (κ2) is 6.08. The molecule has 0 radical (unpaired) electrons. The van der Waals surface area contributed by atoms with Crippen molar-refractivity contribution in [3.05, 3.63) is 29.0 Å². The quantitative estimate of drug-likeness (QED) is 0.913. The van der Waals surface area contributed by atoms with Gasteiger partial charge in [-0.3, -0.25) is 14.7 Å². The molecule has 0 aliphatic carbocycles. The van der Waals surface area contributed by atoms with Gasteiger partial charge < -0.3 is 10.0 Å². The highest BCUT2D eigenvalue weighted by atomic mass is 35.5. The van der Waals surface area contributed by atoms with Crippen molar-refractivity contribution in [3.63, 3.8) is 0 Å². The van der Waals surface area contributed by atoms with Crippen LogP contribution in [0.2, 0.25) is 5.02 Å². The van der Waals surface area contributed by atoms with E-state index in [0.717, 1.165) is 13.1 Å². The molecule has 0 spiro atoms. The number of piperazine rings is 1. The lowest BCUT2D eigenvalue weighted by Crippen LogP contribution is -2.52. The van der Waals surface area contributed by atoms with E-state index in [1.165, 1.54) is 6.20 Å². The van der Waals surface area contributed by atoms with Crippen molar-refractivity contribution in [2.75, 3.05) is 32.7 Å². The summed E-state index contributed by atoms with van der Waals surface area (Å²) < 4.78 is 0. The van der Waals surface area contributed by atoms with Crippen LogP contribution in [0.5, 0.6) is 0 Å². The first-order chi connectivity index (χ1) is 9.37. The predicted octanol–water partition coefficient (Wildman–Crippen LogP) is 1.26. The third-order valence-corrected chi connectivity index (χ3v) is 3.57. The molecule has 0 atom stereocenters. The van der Waals surface area contributed by atoms with Gasteiger partial charge in [0.2, 0.25) is 0 Å². The van der Waals surface area contributed by atoms with Gasteiger partial charge in [-0.2, -0.15) is 0 Å². The van der Waals surface area contributed by atoms with Crippen LogP contribution in [0, 0.1) is 0 Å². The van der Waals surface area contributed by atoms with Gasteiger partial charge >= 0.3 is 0 Å². The van der Waals surface area contributed by atoms with E-state index in [4.69, 9.17) is 11.6 Å². The van der Waals surface area contributed by atoms with Gasteiger partial charge in [-0.15, -0.1) is 0 Å². The number of aromatic nitrogens is 1. The molecule has 20 heavy (non-hydrogen) atoms. The van der Waals surface area contributed by atoms with Crippen LogP contribution in [-0.4, -0.2) is 64.1 Å². The smallest absolute Gasteiger partial charge is 0.255 e. The van der Waals surface area contributed by atoms with E-state index in [-0.39, 0.29) is 5.91 Å². The van der Waals surface area contributed by atoms with Crippen molar-refractivity contribution in [1.29, 1.82) is 0 Å². The second-order valence-corrected chi connectivity index (χ2v) is 6.14. The lowest BCUT2D eigenvalue weighted by atomic mass is 10.1. The first kappa shape index (κ1) is 15.2. The summed E-state index contributed by atoms with van der Waals surface area (Å²) in [6.45, 7) is 7.02. The molecule has 1 aromatic rings. The van der Waals surface area contributed by atoms with Crippen LogP contribution in [0.1, 0.15) is 24.2 Å². The van der Waals surface area contributed by atoms with Gasteiger partial charge in [-0.1, -0.05) is 11.6 Å². The summed E-state index contributed by atoms with van der Waals surface area (Å²) in [5.74, 6) is -0.0553. The Kier molecular flexibility index (Phi) is 4.62. The average molecular weight is 298 g/mol. The third kappa shape index (κ3) is 3.91. The largest absolute Gasteiger partial charge is 0.389 e. The minimum Gasteiger partial charge on any atom is -0.389 e. The number of pyridine rings is 1. The van der Waals surface area contributed by atoms with Gasteiger partial charge in [0.1, 0.15) is 0 Å². The molecule has 1 N–H and O–H groups in total. The van der Waals surface area contributed by atoms with E-state index in [1.807, 2.05) is 0 Å². The third-order valence-electron chi connectivity index (χ3n) is 3.27. The average Bonchev–Trinajstić information content (AvgIpc) is 2.37. The molecule has 1 saturated heterocycles.